The van der Waals surface area contributed by atoms with Gasteiger partial charge in [-0.15, -0.1) is 0 Å². The lowest BCUT2D eigenvalue weighted by molar-refractivity contribution is -0.135. The van der Waals surface area contributed by atoms with Crippen LogP contribution in [0.5, 0.6) is 17.2 Å². The highest BCUT2D eigenvalue weighted by molar-refractivity contribution is 6.22. The SMILES string of the molecule is COc1ccccc1/C=C(/C(=O)OCC(=O)c1ccc(OC)c(OC)c1)c1ccccc1. The third-order valence-electron chi connectivity index (χ3n) is 4.78. The van der Waals surface area contributed by atoms with Gasteiger partial charge in [0, 0.05) is 11.1 Å². The molecule has 0 amide bonds. The monoisotopic (exact) mass is 432 g/mol. The molecule has 0 unspecified atom stereocenters. The number of hydrogen-bond acceptors (Lipinski definition) is 6. The summed E-state index contributed by atoms with van der Waals surface area (Å²) in [4.78, 5) is 25.6. The fourth-order valence-electron chi connectivity index (χ4n) is 3.12. The number of ketones is 1. The molecular weight excluding hydrogens is 408 g/mol. The van der Waals surface area contributed by atoms with E-state index in [0.717, 1.165) is 5.56 Å². The largest absolute Gasteiger partial charge is 0.496 e. The van der Waals surface area contributed by atoms with Crippen molar-refractivity contribution in [3.63, 3.8) is 0 Å². The van der Waals surface area contributed by atoms with Gasteiger partial charge in [-0.2, -0.15) is 0 Å². The second-order valence-electron chi connectivity index (χ2n) is 6.74. The zero-order chi connectivity index (χ0) is 22.9. The summed E-state index contributed by atoms with van der Waals surface area (Å²) in [6.07, 6.45) is 1.69. The van der Waals surface area contributed by atoms with Crippen molar-refractivity contribution in [3.8, 4) is 17.2 Å². The van der Waals surface area contributed by atoms with E-state index in [0.29, 0.717) is 33.9 Å². The molecule has 0 N–H and O–H groups in total. The maximum Gasteiger partial charge on any atom is 0.339 e. The van der Waals surface area contributed by atoms with Crippen molar-refractivity contribution in [2.75, 3.05) is 27.9 Å². The van der Waals surface area contributed by atoms with Crippen LogP contribution in [0.3, 0.4) is 0 Å². The van der Waals surface area contributed by atoms with Gasteiger partial charge in [-0.05, 0) is 35.9 Å². The van der Waals surface area contributed by atoms with Gasteiger partial charge >= 0.3 is 5.97 Å². The molecule has 164 valence electrons. The van der Waals surface area contributed by atoms with Crippen LogP contribution < -0.4 is 14.2 Å². The highest BCUT2D eigenvalue weighted by atomic mass is 16.5. The highest BCUT2D eigenvalue weighted by Crippen LogP contribution is 2.28. The summed E-state index contributed by atoms with van der Waals surface area (Å²) in [5.74, 6) is 0.577. The summed E-state index contributed by atoms with van der Waals surface area (Å²) in [7, 11) is 4.57. The van der Waals surface area contributed by atoms with Crippen LogP contribution in [0.4, 0.5) is 0 Å². The Morgan fingerprint density at radius 3 is 2.06 bits per heavy atom. The molecule has 0 saturated carbocycles. The zero-order valence-corrected chi connectivity index (χ0v) is 18.2. The fourth-order valence-corrected chi connectivity index (χ4v) is 3.12. The molecule has 0 radical (unpaired) electrons. The molecule has 0 saturated heterocycles. The third kappa shape index (κ3) is 5.35. The van der Waals surface area contributed by atoms with E-state index in [1.807, 2.05) is 36.4 Å². The molecule has 0 fully saturated rings. The Hall–Kier alpha value is -4.06. The minimum Gasteiger partial charge on any atom is -0.496 e. The second kappa shape index (κ2) is 10.8. The Balaban J connectivity index is 1.83. The molecule has 6 nitrogen and oxygen atoms in total. The molecule has 0 aliphatic rings. The average Bonchev–Trinajstić information content (AvgIpc) is 2.85. The van der Waals surface area contributed by atoms with Gasteiger partial charge in [0.2, 0.25) is 0 Å². The number of hydrogen-bond donors (Lipinski definition) is 0. The summed E-state index contributed by atoms with van der Waals surface area (Å²) in [5.41, 5.74) is 2.06. The van der Waals surface area contributed by atoms with Crippen molar-refractivity contribution in [3.05, 3.63) is 89.5 Å². The van der Waals surface area contributed by atoms with Crippen molar-refractivity contribution >= 4 is 23.4 Å². The smallest absolute Gasteiger partial charge is 0.339 e. The Labute approximate surface area is 187 Å². The topological polar surface area (TPSA) is 71.1 Å². The molecule has 3 rings (SSSR count). The predicted octanol–water partition coefficient (Wildman–Crippen LogP) is 4.68. The lowest BCUT2D eigenvalue weighted by Crippen LogP contribution is -2.15. The average molecular weight is 432 g/mol. The molecule has 6 heteroatoms. The summed E-state index contributed by atoms with van der Waals surface area (Å²) in [5, 5.41) is 0. The third-order valence-corrected chi connectivity index (χ3v) is 4.78. The van der Waals surface area contributed by atoms with E-state index in [2.05, 4.69) is 0 Å². The second-order valence-corrected chi connectivity index (χ2v) is 6.74. The van der Waals surface area contributed by atoms with E-state index < -0.39 is 12.6 Å². The van der Waals surface area contributed by atoms with Crippen molar-refractivity contribution in [2.45, 2.75) is 0 Å². The zero-order valence-electron chi connectivity index (χ0n) is 18.2. The minimum absolute atomic E-state index is 0.315. The van der Waals surface area contributed by atoms with E-state index >= 15 is 0 Å². The van der Waals surface area contributed by atoms with Crippen LogP contribution in [0.2, 0.25) is 0 Å². The molecule has 0 aliphatic heterocycles. The highest BCUT2D eigenvalue weighted by Gasteiger charge is 2.18. The molecule has 0 aromatic heterocycles. The number of carbonyl (C=O) groups is 2. The number of esters is 1. The van der Waals surface area contributed by atoms with E-state index in [9.17, 15) is 9.59 Å². The van der Waals surface area contributed by atoms with Crippen LogP contribution >= 0.6 is 0 Å². The van der Waals surface area contributed by atoms with Crippen molar-refractivity contribution in [1.29, 1.82) is 0 Å². The number of carbonyl (C=O) groups excluding carboxylic acids is 2. The quantitative estimate of drug-likeness (QED) is 0.212. The van der Waals surface area contributed by atoms with Gasteiger partial charge in [-0.3, -0.25) is 4.79 Å². The number of methoxy groups -OCH3 is 3. The van der Waals surface area contributed by atoms with Crippen LogP contribution in [0.1, 0.15) is 21.5 Å². The van der Waals surface area contributed by atoms with Crippen molar-refractivity contribution < 1.29 is 28.5 Å². The summed E-state index contributed by atoms with van der Waals surface area (Å²) >= 11 is 0. The predicted molar refractivity (Wildman–Crippen MR) is 122 cm³/mol. The normalized spacial score (nSPS) is 10.9. The summed E-state index contributed by atoms with van der Waals surface area (Å²) in [6.45, 7) is -0.412. The van der Waals surface area contributed by atoms with Crippen LogP contribution in [-0.2, 0) is 9.53 Å². The Kier molecular flexibility index (Phi) is 7.65. The first-order valence-electron chi connectivity index (χ1n) is 9.90. The number of Topliss-reactive ketones (excluding diaryl/α,β-unsaturated/α-hetero) is 1. The molecule has 0 heterocycles. The molecular formula is C26H24O6. The Morgan fingerprint density at radius 1 is 0.719 bits per heavy atom. The first-order valence-corrected chi connectivity index (χ1v) is 9.90. The molecule has 0 spiro atoms. The molecule has 0 aliphatic carbocycles. The Morgan fingerprint density at radius 2 is 1.38 bits per heavy atom. The first kappa shape index (κ1) is 22.6. The number of para-hydroxylation sites is 1. The van der Waals surface area contributed by atoms with Gasteiger partial charge in [0.25, 0.3) is 0 Å². The molecule has 32 heavy (non-hydrogen) atoms. The van der Waals surface area contributed by atoms with Gasteiger partial charge < -0.3 is 18.9 Å². The van der Waals surface area contributed by atoms with Crippen LogP contribution in [0.15, 0.2) is 72.8 Å². The summed E-state index contributed by atoms with van der Waals surface area (Å²) < 4.78 is 21.2. The number of benzene rings is 3. The summed E-state index contributed by atoms with van der Waals surface area (Å²) in [6, 6.07) is 21.2. The first-order chi connectivity index (χ1) is 15.6. The van der Waals surface area contributed by atoms with E-state index in [4.69, 9.17) is 18.9 Å². The van der Waals surface area contributed by atoms with Gasteiger partial charge in [0.05, 0.1) is 26.9 Å². The van der Waals surface area contributed by atoms with Gasteiger partial charge in [-0.25, -0.2) is 4.79 Å². The maximum atomic E-state index is 13.0. The van der Waals surface area contributed by atoms with E-state index in [-0.39, 0.29) is 5.78 Å². The minimum atomic E-state index is -0.615. The lowest BCUT2D eigenvalue weighted by atomic mass is 10.0. The van der Waals surface area contributed by atoms with Crippen LogP contribution in [-0.4, -0.2) is 39.7 Å². The van der Waals surface area contributed by atoms with E-state index in [1.54, 1.807) is 49.6 Å². The number of rotatable bonds is 9. The molecule has 3 aromatic carbocycles. The lowest BCUT2D eigenvalue weighted by Gasteiger charge is -2.11. The molecule has 0 atom stereocenters. The molecule has 3 aromatic rings. The molecule has 0 bridgehead atoms. The van der Waals surface area contributed by atoms with Crippen molar-refractivity contribution in [2.24, 2.45) is 0 Å². The number of ether oxygens (including phenoxy) is 4. The fraction of sp³-hybridized carbons (Fsp3) is 0.154. The van der Waals surface area contributed by atoms with Crippen molar-refractivity contribution in [1.82, 2.24) is 0 Å². The standard InChI is InChI=1S/C26H24O6/c1-29-23-12-8-7-11-20(23)15-21(18-9-5-4-6-10-18)26(28)32-17-22(27)19-13-14-24(30-2)25(16-19)31-3/h4-16H,17H2,1-3H3/b21-15+. The maximum absolute atomic E-state index is 13.0. The van der Waals surface area contributed by atoms with E-state index in [1.165, 1.54) is 14.2 Å². The van der Waals surface area contributed by atoms with Gasteiger partial charge in [-0.1, -0.05) is 48.5 Å². The van der Waals surface area contributed by atoms with Crippen LogP contribution in [0.25, 0.3) is 11.6 Å². The van der Waals surface area contributed by atoms with Gasteiger partial charge in [0.15, 0.2) is 23.9 Å². The Bertz CT molecular complexity index is 1120. The van der Waals surface area contributed by atoms with Crippen LogP contribution in [0, 0.1) is 0 Å². The van der Waals surface area contributed by atoms with Gasteiger partial charge in [0.1, 0.15) is 5.75 Å².